The zero-order valence-corrected chi connectivity index (χ0v) is 25.8. The molecule has 6 nitrogen and oxygen atoms in total. The van der Waals surface area contributed by atoms with Crippen molar-refractivity contribution in [2.24, 2.45) is 0 Å². The van der Waals surface area contributed by atoms with E-state index >= 15 is 0 Å². The Morgan fingerprint density at radius 3 is 2.55 bits per heavy atom. The van der Waals surface area contributed by atoms with Gasteiger partial charge in [-0.3, -0.25) is 4.90 Å². The van der Waals surface area contributed by atoms with Crippen LogP contribution in [0.5, 0.6) is 5.75 Å². The van der Waals surface area contributed by atoms with Crippen LogP contribution in [0, 0.1) is 0 Å². The van der Waals surface area contributed by atoms with Crippen molar-refractivity contribution in [3.05, 3.63) is 142 Å². The molecule has 0 N–H and O–H groups in total. The highest BCUT2D eigenvalue weighted by atomic mass is 35.5. The first kappa shape index (κ1) is 29.1. The van der Waals surface area contributed by atoms with Gasteiger partial charge in [-0.1, -0.05) is 89.9 Å². The Kier molecular flexibility index (Phi) is 8.43. The lowest BCUT2D eigenvalue weighted by Crippen LogP contribution is -2.34. The Morgan fingerprint density at radius 1 is 0.909 bits per heavy atom. The summed E-state index contributed by atoms with van der Waals surface area (Å²) in [7, 11) is 0. The molecule has 7 rings (SSSR count). The monoisotopic (exact) mass is 625 g/mol. The highest BCUT2D eigenvalue weighted by Crippen LogP contribution is 2.40. The first-order valence-electron chi connectivity index (χ1n) is 14.9. The van der Waals surface area contributed by atoms with Crippen LogP contribution in [-0.2, 0) is 41.3 Å². The van der Waals surface area contributed by atoms with E-state index in [1.54, 1.807) is 24.7 Å². The Bertz CT molecular complexity index is 1710. The molecule has 0 bridgehead atoms. The third-order valence-corrected chi connectivity index (χ3v) is 8.87. The molecule has 1 aromatic heterocycles. The van der Waals surface area contributed by atoms with Crippen molar-refractivity contribution in [2.45, 2.75) is 37.9 Å². The number of hydrogen-bond donors (Lipinski definition) is 0. The topological polar surface area (TPSA) is 48.8 Å². The Labute approximate surface area is 267 Å². The van der Waals surface area contributed by atoms with Gasteiger partial charge in [-0.15, -0.1) is 0 Å². The molecule has 224 valence electrons. The van der Waals surface area contributed by atoms with Gasteiger partial charge in [0.15, 0.2) is 0 Å². The fraction of sp³-hybridized carbons (Fsp3) is 0.250. The van der Waals surface area contributed by atoms with E-state index in [2.05, 4.69) is 82.7 Å². The van der Waals surface area contributed by atoms with Crippen molar-refractivity contribution in [1.82, 2.24) is 14.5 Å². The molecule has 2 unspecified atom stereocenters. The fourth-order valence-corrected chi connectivity index (χ4v) is 6.62. The van der Waals surface area contributed by atoms with Crippen molar-refractivity contribution in [3.8, 4) is 16.9 Å². The van der Waals surface area contributed by atoms with Gasteiger partial charge in [0, 0.05) is 42.6 Å². The second-order valence-corrected chi connectivity index (χ2v) is 12.3. The first-order chi connectivity index (χ1) is 21.5. The van der Waals surface area contributed by atoms with E-state index in [4.69, 9.17) is 37.4 Å². The zero-order chi connectivity index (χ0) is 29.9. The van der Waals surface area contributed by atoms with Gasteiger partial charge in [0.25, 0.3) is 0 Å². The lowest BCUT2D eigenvalue weighted by Gasteiger charge is -2.30. The van der Waals surface area contributed by atoms with Crippen molar-refractivity contribution in [3.63, 3.8) is 0 Å². The molecule has 3 heterocycles. The molecule has 1 saturated heterocycles. The van der Waals surface area contributed by atoms with Crippen LogP contribution in [0.25, 0.3) is 11.1 Å². The molecule has 0 radical (unpaired) electrons. The quantitative estimate of drug-likeness (QED) is 0.167. The van der Waals surface area contributed by atoms with Crippen molar-refractivity contribution >= 4 is 23.2 Å². The van der Waals surface area contributed by atoms with Gasteiger partial charge in [-0.2, -0.15) is 0 Å². The summed E-state index contributed by atoms with van der Waals surface area (Å²) in [5.41, 5.74) is 7.24. The van der Waals surface area contributed by atoms with Crippen molar-refractivity contribution in [1.29, 1.82) is 0 Å². The minimum Gasteiger partial charge on any atom is -0.491 e. The van der Waals surface area contributed by atoms with E-state index in [-0.39, 0.29) is 6.10 Å². The van der Waals surface area contributed by atoms with Gasteiger partial charge in [0.1, 0.15) is 18.5 Å². The average molecular weight is 627 g/mol. The summed E-state index contributed by atoms with van der Waals surface area (Å²) in [6.45, 7) is 4.01. The Hall–Kier alpha value is -3.65. The van der Waals surface area contributed by atoms with Crippen molar-refractivity contribution in [2.75, 3.05) is 19.8 Å². The maximum absolute atomic E-state index is 6.61. The normalized spacial score (nSPS) is 20.0. The minimum absolute atomic E-state index is 0.273. The number of benzene rings is 4. The second kappa shape index (κ2) is 12.8. The average Bonchev–Trinajstić information content (AvgIpc) is 3.71. The predicted octanol–water partition coefficient (Wildman–Crippen LogP) is 7.76. The number of rotatable bonds is 9. The molecule has 0 saturated carbocycles. The summed E-state index contributed by atoms with van der Waals surface area (Å²) >= 11 is 12.8. The van der Waals surface area contributed by atoms with E-state index in [0.29, 0.717) is 29.8 Å². The molecule has 4 aromatic carbocycles. The number of aromatic nitrogens is 2. The molecule has 44 heavy (non-hydrogen) atoms. The second-order valence-electron chi connectivity index (χ2n) is 11.4. The smallest absolute Gasteiger partial charge is 0.215 e. The highest BCUT2D eigenvalue weighted by molar-refractivity contribution is 6.35. The van der Waals surface area contributed by atoms with E-state index in [9.17, 15) is 0 Å². The maximum atomic E-state index is 6.61. The zero-order valence-electron chi connectivity index (χ0n) is 24.2. The van der Waals surface area contributed by atoms with Crippen LogP contribution in [0.3, 0.4) is 0 Å². The largest absolute Gasteiger partial charge is 0.491 e. The maximum Gasteiger partial charge on any atom is 0.215 e. The van der Waals surface area contributed by atoms with Gasteiger partial charge in [-0.05, 0) is 58.5 Å². The highest BCUT2D eigenvalue weighted by Gasteiger charge is 2.45. The third kappa shape index (κ3) is 6.41. The molecule has 0 aliphatic carbocycles. The van der Waals surface area contributed by atoms with Crippen LogP contribution in [0.4, 0.5) is 0 Å². The Balaban J connectivity index is 0.969. The standard InChI is InChI=1S/C36H33Cl2N3O3/c37-31-11-13-34(35(38)19-31)36(24-41-17-15-39-25-41)43-23-33(44-36)22-42-32-12-10-30-21-40(16-14-29(30)18-32)20-26-6-8-28(9-7-26)27-4-2-1-3-5-27/h1-13,15,17-19,25,33H,14,16,20-24H2. The summed E-state index contributed by atoms with van der Waals surface area (Å²) in [6, 6.07) is 31.2. The molecule has 0 amide bonds. The molecule has 5 aromatic rings. The van der Waals surface area contributed by atoms with Gasteiger partial charge in [0.05, 0.1) is 24.5 Å². The van der Waals surface area contributed by atoms with Crippen molar-refractivity contribution < 1.29 is 14.2 Å². The van der Waals surface area contributed by atoms with Crippen LogP contribution < -0.4 is 4.74 Å². The van der Waals surface area contributed by atoms with E-state index < -0.39 is 5.79 Å². The molecule has 1 fully saturated rings. The summed E-state index contributed by atoms with van der Waals surface area (Å²) in [5, 5.41) is 1.05. The third-order valence-electron chi connectivity index (χ3n) is 8.32. The van der Waals surface area contributed by atoms with E-state index in [1.807, 2.05) is 16.8 Å². The van der Waals surface area contributed by atoms with E-state index in [1.165, 1.54) is 27.8 Å². The number of halogens is 2. The van der Waals surface area contributed by atoms with Crippen LogP contribution in [0.2, 0.25) is 10.0 Å². The van der Waals surface area contributed by atoms with Gasteiger partial charge < -0.3 is 18.8 Å². The van der Waals surface area contributed by atoms with Crippen LogP contribution in [-0.4, -0.2) is 40.3 Å². The van der Waals surface area contributed by atoms with Crippen LogP contribution >= 0.6 is 23.2 Å². The lowest BCUT2D eigenvalue weighted by molar-refractivity contribution is -0.189. The number of ether oxygens (including phenoxy) is 3. The molecule has 0 spiro atoms. The predicted molar refractivity (Wildman–Crippen MR) is 173 cm³/mol. The molecular weight excluding hydrogens is 593 g/mol. The molecule has 2 atom stereocenters. The summed E-state index contributed by atoms with van der Waals surface area (Å²) in [4.78, 5) is 6.67. The summed E-state index contributed by atoms with van der Waals surface area (Å²) < 4.78 is 21.0. The molecule has 8 heteroatoms. The van der Waals surface area contributed by atoms with Crippen LogP contribution in [0.15, 0.2) is 110 Å². The van der Waals surface area contributed by atoms with Gasteiger partial charge >= 0.3 is 0 Å². The number of nitrogens with zero attached hydrogens (tertiary/aromatic N) is 3. The van der Waals surface area contributed by atoms with Gasteiger partial charge in [0.2, 0.25) is 5.79 Å². The molecule has 2 aliphatic rings. The summed E-state index contributed by atoms with van der Waals surface area (Å²) in [6.07, 6.45) is 6.05. The first-order valence-corrected chi connectivity index (χ1v) is 15.6. The lowest BCUT2D eigenvalue weighted by atomic mass is 9.98. The SMILES string of the molecule is Clc1ccc(C2(Cn3ccnc3)OCC(COc3ccc4c(c3)CCN(Cc3ccc(-c5ccccc5)cc3)C4)O2)c(Cl)c1. The molecular formula is C36H33Cl2N3O3. The Morgan fingerprint density at radius 2 is 1.75 bits per heavy atom. The van der Waals surface area contributed by atoms with Gasteiger partial charge in [-0.25, -0.2) is 4.98 Å². The fourth-order valence-electron chi connectivity index (χ4n) is 6.07. The molecule has 2 aliphatic heterocycles. The van der Waals surface area contributed by atoms with E-state index in [0.717, 1.165) is 37.4 Å². The number of hydrogen-bond acceptors (Lipinski definition) is 5. The number of imidazole rings is 1. The number of fused-ring (bicyclic) bond motifs is 1. The minimum atomic E-state index is -1.07. The summed E-state index contributed by atoms with van der Waals surface area (Å²) in [5.74, 6) is -0.230. The van der Waals surface area contributed by atoms with Crippen LogP contribution in [0.1, 0.15) is 22.3 Å².